The van der Waals surface area contributed by atoms with Gasteiger partial charge in [0, 0.05) is 11.3 Å². The van der Waals surface area contributed by atoms with Gasteiger partial charge in [0.1, 0.15) is 0 Å². The molecule has 0 radical (unpaired) electrons. The van der Waals surface area contributed by atoms with Crippen LogP contribution >= 0.6 is 23.7 Å². The third kappa shape index (κ3) is 3.70. The van der Waals surface area contributed by atoms with Gasteiger partial charge in [0.25, 0.3) is 5.92 Å². The summed E-state index contributed by atoms with van der Waals surface area (Å²) in [6.45, 7) is 1.77. The van der Waals surface area contributed by atoms with Crippen molar-refractivity contribution in [1.29, 1.82) is 0 Å². The number of carbonyl (C=O) groups is 1. The molecular weight excluding hydrogens is 320 g/mol. The molecule has 1 fully saturated rings. The van der Waals surface area contributed by atoms with Crippen LogP contribution in [0.15, 0.2) is 0 Å². The molecule has 1 aromatic heterocycles. The highest BCUT2D eigenvalue weighted by Crippen LogP contribution is 2.32. The highest BCUT2D eigenvalue weighted by molar-refractivity contribution is 7.15. The summed E-state index contributed by atoms with van der Waals surface area (Å²) >= 11 is 1.47. The fourth-order valence-corrected chi connectivity index (χ4v) is 3.86. The van der Waals surface area contributed by atoms with Crippen LogP contribution in [-0.2, 0) is 17.6 Å². The Balaban J connectivity index is 0.00000161. The Morgan fingerprint density at radius 1 is 1.52 bits per heavy atom. The Hall–Kier alpha value is -0.790. The number of aryl methyl sites for hydroxylation is 1. The molecule has 0 bridgehead atoms. The van der Waals surface area contributed by atoms with E-state index < -0.39 is 30.8 Å². The number of fused-ring (bicyclic) bond motifs is 1. The molecule has 2 atom stereocenters. The van der Waals surface area contributed by atoms with Crippen molar-refractivity contribution in [2.45, 2.75) is 44.6 Å². The van der Waals surface area contributed by atoms with Crippen LogP contribution in [0.4, 0.5) is 13.9 Å². The van der Waals surface area contributed by atoms with Crippen molar-refractivity contribution in [3.05, 3.63) is 10.6 Å². The highest BCUT2D eigenvalue weighted by Gasteiger charge is 2.42. The molecule has 3 rings (SSSR count). The summed E-state index contributed by atoms with van der Waals surface area (Å²) in [5.74, 6) is -2.57. The van der Waals surface area contributed by atoms with Crippen molar-refractivity contribution in [3.8, 4) is 0 Å². The average molecular weight is 338 g/mol. The van der Waals surface area contributed by atoms with E-state index >= 15 is 0 Å². The number of nitrogens with zero attached hydrogens (tertiary/aromatic N) is 1. The van der Waals surface area contributed by atoms with E-state index in [-0.39, 0.29) is 12.4 Å². The Morgan fingerprint density at radius 3 is 2.95 bits per heavy atom. The first kappa shape index (κ1) is 16.6. The maximum atomic E-state index is 13.1. The van der Waals surface area contributed by atoms with Gasteiger partial charge in [0.2, 0.25) is 5.91 Å². The first-order valence-corrected chi connectivity index (χ1v) is 7.65. The summed E-state index contributed by atoms with van der Waals surface area (Å²) in [4.78, 5) is 17.6. The number of anilines is 1. The number of carbonyl (C=O) groups excluding carboxylic acids is 1. The lowest BCUT2D eigenvalue weighted by molar-refractivity contribution is -0.118. The normalized spacial score (nSPS) is 26.8. The zero-order chi connectivity index (χ0) is 14.3. The van der Waals surface area contributed by atoms with E-state index in [9.17, 15) is 13.6 Å². The summed E-state index contributed by atoms with van der Waals surface area (Å²) in [5.41, 5.74) is 1.05. The largest absolute Gasteiger partial charge is 0.301 e. The SMILES string of the molecule is CC1CCc2nc(NC(=O)C3CC(F)(F)CN3)sc2C1.Cl. The molecule has 1 aliphatic carbocycles. The lowest BCUT2D eigenvalue weighted by Crippen LogP contribution is -2.35. The molecule has 21 heavy (non-hydrogen) atoms. The number of aromatic nitrogens is 1. The Bertz CT molecular complexity index is 537. The predicted octanol–water partition coefficient (Wildman–Crippen LogP) is 2.63. The molecule has 1 aliphatic heterocycles. The maximum Gasteiger partial charge on any atom is 0.262 e. The van der Waals surface area contributed by atoms with Gasteiger partial charge in [-0.3, -0.25) is 10.1 Å². The van der Waals surface area contributed by atoms with Crippen molar-refractivity contribution in [1.82, 2.24) is 10.3 Å². The highest BCUT2D eigenvalue weighted by atomic mass is 35.5. The number of alkyl halides is 2. The lowest BCUT2D eigenvalue weighted by atomic mass is 9.93. The van der Waals surface area contributed by atoms with Gasteiger partial charge in [-0.05, 0) is 25.2 Å². The van der Waals surface area contributed by atoms with Crippen molar-refractivity contribution in [2.75, 3.05) is 11.9 Å². The molecule has 2 heterocycles. The Morgan fingerprint density at radius 2 is 2.29 bits per heavy atom. The van der Waals surface area contributed by atoms with Crippen LogP contribution < -0.4 is 10.6 Å². The molecule has 0 spiro atoms. The van der Waals surface area contributed by atoms with E-state index in [0.29, 0.717) is 11.0 Å². The van der Waals surface area contributed by atoms with Crippen LogP contribution in [0.25, 0.3) is 0 Å². The van der Waals surface area contributed by atoms with E-state index in [1.54, 1.807) is 0 Å². The molecule has 0 aromatic carbocycles. The molecule has 2 unspecified atom stereocenters. The number of hydrogen-bond acceptors (Lipinski definition) is 4. The third-order valence-corrected chi connectivity index (χ3v) is 4.88. The maximum absolute atomic E-state index is 13.1. The second-order valence-electron chi connectivity index (χ2n) is 5.72. The van der Waals surface area contributed by atoms with Crippen LogP contribution in [0.1, 0.15) is 30.3 Å². The number of rotatable bonds is 2. The van der Waals surface area contributed by atoms with Gasteiger partial charge in [-0.15, -0.1) is 23.7 Å². The molecular formula is C13H18ClF2N3OS. The molecule has 1 amide bonds. The zero-order valence-electron chi connectivity index (χ0n) is 11.6. The molecule has 2 N–H and O–H groups in total. The molecule has 118 valence electrons. The van der Waals surface area contributed by atoms with Crippen LogP contribution in [0.5, 0.6) is 0 Å². The zero-order valence-corrected chi connectivity index (χ0v) is 13.3. The summed E-state index contributed by atoms with van der Waals surface area (Å²) < 4.78 is 26.1. The van der Waals surface area contributed by atoms with E-state index in [4.69, 9.17) is 0 Å². The monoisotopic (exact) mass is 337 g/mol. The van der Waals surface area contributed by atoms with Crippen molar-refractivity contribution in [2.24, 2.45) is 5.92 Å². The van der Waals surface area contributed by atoms with Crippen LogP contribution in [-0.4, -0.2) is 29.4 Å². The van der Waals surface area contributed by atoms with Crippen LogP contribution in [0.2, 0.25) is 0 Å². The third-order valence-electron chi connectivity index (χ3n) is 3.84. The minimum absolute atomic E-state index is 0. The van der Waals surface area contributed by atoms with Gasteiger partial charge in [0.05, 0.1) is 18.3 Å². The smallest absolute Gasteiger partial charge is 0.262 e. The van der Waals surface area contributed by atoms with Crippen molar-refractivity contribution >= 4 is 34.8 Å². The molecule has 8 heteroatoms. The van der Waals surface area contributed by atoms with Gasteiger partial charge in [0.15, 0.2) is 5.13 Å². The van der Waals surface area contributed by atoms with Crippen LogP contribution in [0, 0.1) is 5.92 Å². The standard InChI is InChI=1S/C13H17F2N3OS.ClH/c1-7-2-3-8-10(4-7)20-12(17-8)18-11(19)9-5-13(14,15)6-16-9;/h7,9,16H,2-6H2,1H3,(H,17,18,19);1H. The Kier molecular flexibility index (Phi) is 4.85. The Labute approximate surface area is 132 Å². The number of nitrogens with one attached hydrogen (secondary N) is 2. The predicted molar refractivity (Wildman–Crippen MR) is 80.5 cm³/mol. The van der Waals surface area contributed by atoms with Crippen LogP contribution in [0.3, 0.4) is 0 Å². The van der Waals surface area contributed by atoms with E-state index in [0.717, 1.165) is 25.0 Å². The molecule has 2 aliphatic rings. The quantitative estimate of drug-likeness (QED) is 0.872. The second-order valence-corrected chi connectivity index (χ2v) is 6.80. The summed E-state index contributed by atoms with van der Waals surface area (Å²) in [6, 6.07) is -0.829. The number of halogens is 3. The van der Waals surface area contributed by atoms with Gasteiger partial charge >= 0.3 is 0 Å². The van der Waals surface area contributed by atoms with E-state index in [1.165, 1.54) is 16.2 Å². The first-order chi connectivity index (χ1) is 9.43. The van der Waals surface area contributed by atoms with E-state index in [2.05, 4.69) is 22.5 Å². The second kappa shape index (κ2) is 6.14. The summed E-state index contributed by atoms with van der Waals surface area (Å²) in [6.07, 6.45) is 2.59. The van der Waals surface area contributed by atoms with Gasteiger partial charge in [-0.2, -0.15) is 0 Å². The van der Waals surface area contributed by atoms with Gasteiger partial charge in [-0.1, -0.05) is 6.92 Å². The molecule has 4 nitrogen and oxygen atoms in total. The average Bonchev–Trinajstić information content (AvgIpc) is 2.91. The molecule has 1 aromatic rings. The fraction of sp³-hybridized carbons (Fsp3) is 0.692. The van der Waals surface area contributed by atoms with Crippen molar-refractivity contribution in [3.63, 3.8) is 0 Å². The number of amides is 1. The lowest BCUT2D eigenvalue weighted by Gasteiger charge is -2.15. The first-order valence-electron chi connectivity index (χ1n) is 6.83. The van der Waals surface area contributed by atoms with Crippen molar-refractivity contribution < 1.29 is 13.6 Å². The molecule has 0 saturated carbocycles. The summed E-state index contributed by atoms with van der Waals surface area (Å²) in [5, 5.41) is 5.75. The fourth-order valence-electron chi connectivity index (χ4n) is 2.69. The number of thiazole rings is 1. The minimum Gasteiger partial charge on any atom is -0.301 e. The van der Waals surface area contributed by atoms with Gasteiger partial charge in [-0.25, -0.2) is 13.8 Å². The van der Waals surface area contributed by atoms with Gasteiger partial charge < -0.3 is 5.32 Å². The number of hydrogen-bond donors (Lipinski definition) is 2. The summed E-state index contributed by atoms with van der Waals surface area (Å²) in [7, 11) is 0. The molecule has 1 saturated heterocycles. The van der Waals surface area contributed by atoms with E-state index in [1.807, 2.05) is 0 Å². The minimum atomic E-state index is -2.79. The topological polar surface area (TPSA) is 54.0 Å².